The highest BCUT2D eigenvalue weighted by molar-refractivity contribution is 7.53. The first-order valence-electron chi connectivity index (χ1n) is 8.30. The zero-order chi connectivity index (χ0) is 17.7. The second-order valence-electron chi connectivity index (χ2n) is 5.52. The number of hydrogen-bond donors (Lipinski definition) is 1. The second-order valence-corrected chi connectivity index (χ2v) is 7.57. The number of nitrogens with one attached hydrogen (secondary N) is 1. The number of fused-ring (bicyclic) bond motifs is 1. The number of aromatic nitrogens is 2. The fourth-order valence-electron chi connectivity index (χ4n) is 2.58. The van der Waals surface area contributed by atoms with E-state index in [1.165, 1.54) is 0 Å². The molecular formula is C18H22N3O3P. The minimum atomic E-state index is -3.08. The van der Waals surface area contributed by atoms with Crippen LogP contribution in [0.25, 0.3) is 5.65 Å². The van der Waals surface area contributed by atoms with Crippen molar-refractivity contribution in [1.82, 2.24) is 9.38 Å². The topological polar surface area (TPSA) is 64.9 Å². The molecule has 0 spiro atoms. The molecule has 1 N–H and O–H groups in total. The van der Waals surface area contributed by atoms with Gasteiger partial charge in [0.1, 0.15) is 11.5 Å². The largest absolute Gasteiger partial charge is 0.339 e. The van der Waals surface area contributed by atoms with E-state index in [0.29, 0.717) is 13.2 Å². The molecule has 0 amide bonds. The third kappa shape index (κ3) is 4.48. The van der Waals surface area contributed by atoms with Gasteiger partial charge in [-0.15, -0.1) is 0 Å². The lowest BCUT2D eigenvalue weighted by molar-refractivity contribution is 0.219. The lowest BCUT2D eigenvalue weighted by Gasteiger charge is -2.17. The molecule has 0 aliphatic rings. The molecule has 3 aromatic rings. The Morgan fingerprint density at radius 1 is 1.08 bits per heavy atom. The number of imidazole rings is 1. The summed E-state index contributed by atoms with van der Waals surface area (Å²) in [4.78, 5) is 4.51. The van der Waals surface area contributed by atoms with Crippen molar-refractivity contribution in [3.8, 4) is 0 Å². The Morgan fingerprint density at radius 2 is 1.80 bits per heavy atom. The van der Waals surface area contributed by atoms with E-state index in [-0.39, 0.29) is 6.16 Å². The van der Waals surface area contributed by atoms with Crippen LogP contribution in [-0.2, 0) is 19.8 Å². The first kappa shape index (κ1) is 17.7. The molecule has 1 aromatic carbocycles. The summed E-state index contributed by atoms with van der Waals surface area (Å²) in [5.74, 6) is 0.772. The van der Waals surface area contributed by atoms with Crippen molar-refractivity contribution in [3.63, 3.8) is 0 Å². The fraction of sp³-hybridized carbons (Fsp3) is 0.278. The number of rotatable bonds is 8. The summed E-state index contributed by atoms with van der Waals surface area (Å²) in [5.41, 5.74) is 2.71. The van der Waals surface area contributed by atoms with E-state index in [1.807, 2.05) is 73.1 Å². The molecule has 0 unspecified atom stereocenters. The highest BCUT2D eigenvalue weighted by Gasteiger charge is 2.23. The molecule has 2 heterocycles. The van der Waals surface area contributed by atoms with Gasteiger partial charge in [0, 0.05) is 11.9 Å². The van der Waals surface area contributed by atoms with E-state index in [0.717, 1.165) is 22.7 Å². The van der Waals surface area contributed by atoms with Crippen LogP contribution in [0.15, 0.2) is 54.9 Å². The molecule has 2 aromatic heterocycles. The van der Waals surface area contributed by atoms with Gasteiger partial charge in [0.05, 0.1) is 25.6 Å². The predicted octanol–water partition coefficient (Wildman–Crippen LogP) is 4.84. The zero-order valence-corrected chi connectivity index (χ0v) is 15.3. The van der Waals surface area contributed by atoms with E-state index in [1.54, 1.807) is 0 Å². The Hall–Kier alpha value is -2.14. The molecule has 0 saturated carbocycles. The van der Waals surface area contributed by atoms with Gasteiger partial charge in [-0.25, -0.2) is 4.98 Å². The normalized spacial score (nSPS) is 11.8. The van der Waals surface area contributed by atoms with Crippen molar-refractivity contribution in [2.45, 2.75) is 20.0 Å². The predicted molar refractivity (Wildman–Crippen MR) is 99.5 cm³/mol. The summed E-state index contributed by atoms with van der Waals surface area (Å²) < 4.78 is 25.2. The minimum absolute atomic E-state index is 0.267. The molecule has 7 heteroatoms. The van der Waals surface area contributed by atoms with Gasteiger partial charge in [-0.05, 0) is 43.7 Å². The molecule has 0 aliphatic carbocycles. The van der Waals surface area contributed by atoms with Crippen LogP contribution in [0.4, 0.5) is 11.5 Å². The van der Waals surface area contributed by atoms with Crippen molar-refractivity contribution < 1.29 is 13.6 Å². The second kappa shape index (κ2) is 7.83. The van der Waals surface area contributed by atoms with Crippen molar-refractivity contribution in [3.05, 3.63) is 60.4 Å². The van der Waals surface area contributed by atoms with E-state index in [9.17, 15) is 4.57 Å². The lowest BCUT2D eigenvalue weighted by atomic mass is 10.2. The summed E-state index contributed by atoms with van der Waals surface area (Å²) in [6.45, 7) is 4.36. The van der Waals surface area contributed by atoms with Crippen LogP contribution in [0.5, 0.6) is 0 Å². The van der Waals surface area contributed by atoms with E-state index >= 15 is 0 Å². The summed E-state index contributed by atoms with van der Waals surface area (Å²) >= 11 is 0. The Labute approximate surface area is 147 Å². The standard InChI is InChI=1S/C18H22N3O3P/c1-3-23-25(22,24-4-2)14-15-8-10-16(11-9-15)19-17-13-21-12-6-5-7-18(21)20-17/h5-13,19H,3-4,14H2,1-2H3. The number of nitrogens with zero attached hydrogens (tertiary/aromatic N) is 2. The molecule has 0 atom stereocenters. The number of hydrogen-bond acceptors (Lipinski definition) is 5. The Morgan fingerprint density at radius 3 is 2.44 bits per heavy atom. The van der Waals surface area contributed by atoms with Gasteiger partial charge in [-0.2, -0.15) is 0 Å². The van der Waals surface area contributed by atoms with Crippen LogP contribution in [0.1, 0.15) is 19.4 Å². The van der Waals surface area contributed by atoms with Crippen LogP contribution in [0, 0.1) is 0 Å². The third-order valence-corrected chi connectivity index (χ3v) is 5.67. The number of benzene rings is 1. The van der Waals surface area contributed by atoms with Gasteiger partial charge < -0.3 is 18.8 Å². The molecule has 25 heavy (non-hydrogen) atoms. The number of pyridine rings is 1. The van der Waals surface area contributed by atoms with Gasteiger partial charge in [0.2, 0.25) is 0 Å². The van der Waals surface area contributed by atoms with E-state index < -0.39 is 7.60 Å². The van der Waals surface area contributed by atoms with Crippen LogP contribution in [0.3, 0.4) is 0 Å². The van der Waals surface area contributed by atoms with Gasteiger partial charge >= 0.3 is 7.60 Å². The van der Waals surface area contributed by atoms with E-state index in [4.69, 9.17) is 9.05 Å². The third-order valence-electron chi connectivity index (χ3n) is 3.62. The quantitative estimate of drug-likeness (QED) is 0.583. The van der Waals surface area contributed by atoms with Gasteiger partial charge in [-0.1, -0.05) is 18.2 Å². The van der Waals surface area contributed by atoms with Gasteiger partial charge in [0.15, 0.2) is 0 Å². The first-order valence-corrected chi connectivity index (χ1v) is 10.0. The summed E-state index contributed by atoms with van der Waals surface area (Å²) in [7, 11) is -3.08. The van der Waals surface area contributed by atoms with E-state index in [2.05, 4.69) is 10.3 Å². The highest BCUT2D eigenvalue weighted by Crippen LogP contribution is 2.51. The monoisotopic (exact) mass is 359 g/mol. The molecule has 0 aliphatic heterocycles. The van der Waals surface area contributed by atoms with Crippen LogP contribution in [0.2, 0.25) is 0 Å². The van der Waals surface area contributed by atoms with Gasteiger partial charge in [0.25, 0.3) is 0 Å². The summed E-state index contributed by atoms with van der Waals surface area (Å²) in [5, 5.41) is 3.27. The Kier molecular flexibility index (Phi) is 5.53. The maximum Gasteiger partial charge on any atom is 0.335 e. The highest BCUT2D eigenvalue weighted by atomic mass is 31.2. The minimum Gasteiger partial charge on any atom is -0.339 e. The fourth-order valence-corrected chi connectivity index (χ4v) is 4.28. The molecule has 0 fully saturated rings. The SMILES string of the molecule is CCOP(=O)(Cc1ccc(Nc2cn3ccccc3n2)cc1)OCC. The average molecular weight is 359 g/mol. The van der Waals surface area contributed by atoms with Crippen LogP contribution in [-0.4, -0.2) is 22.6 Å². The summed E-state index contributed by atoms with van der Waals surface area (Å²) in [6, 6.07) is 13.6. The van der Waals surface area contributed by atoms with Crippen molar-refractivity contribution in [2.24, 2.45) is 0 Å². The van der Waals surface area contributed by atoms with Gasteiger partial charge in [-0.3, -0.25) is 4.57 Å². The average Bonchev–Trinajstić information content (AvgIpc) is 2.99. The molecule has 6 nitrogen and oxygen atoms in total. The Bertz CT molecular complexity index is 834. The van der Waals surface area contributed by atoms with Crippen molar-refractivity contribution in [2.75, 3.05) is 18.5 Å². The zero-order valence-electron chi connectivity index (χ0n) is 14.4. The van der Waals surface area contributed by atoms with Crippen molar-refractivity contribution >= 4 is 24.7 Å². The molecule has 0 bridgehead atoms. The smallest absolute Gasteiger partial charge is 0.335 e. The molecule has 0 saturated heterocycles. The van der Waals surface area contributed by atoms with Crippen LogP contribution < -0.4 is 5.32 Å². The van der Waals surface area contributed by atoms with Crippen molar-refractivity contribution in [1.29, 1.82) is 0 Å². The molecular weight excluding hydrogens is 337 g/mol. The maximum atomic E-state index is 12.6. The maximum absolute atomic E-state index is 12.6. The summed E-state index contributed by atoms with van der Waals surface area (Å²) in [6.07, 6.45) is 4.15. The Balaban J connectivity index is 1.70. The van der Waals surface area contributed by atoms with Crippen LogP contribution >= 0.6 is 7.60 Å². The molecule has 0 radical (unpaired) electrons. The first-order chi connectivity index (χ1) is 12.1. The molecule has 132 valence electrons. The molecule has 3 rings (SSSR count). The number of anilines is 2. The lowest BCUT2D eigenvalue weighted by Crippen LogP contribution is -1.99.